The number of fused-ring (bicyclic) bond motifs is 1. The van der Waals surface area contributed by atoms with E-state index in [1.165, 1.54) is 13.8 Å². The molecule has 0 aliphatic carbocycles. The van der Waals surface area contributed by atoms with Crippen LogP contribution in [-0.2, 0) is 30.4 Å². The number of hydrogen-bond acceptors (Lipinski definition) is 8. The number of aromatic amines is 1. The van der Waals surface area contributed by atoms with E-state index in [2.05, 4.69) is 38.9 Å². The van der Waals surface area contributed by atoms with E-state index in [0.717, 1.165) is 17.3 Å². The number of carbonyl (C=O) groups excluding carboxylic acids is 4. The minimum atomic E-state index is -1.26. The van der Waals surface area contributed by atoms with Gasteiger partial charge in [-0.1, -0.05) is 24.6 Å². The van der Waals surface area contributed by atoms with Crippen LogP contribution in [-0.4, -0.2) is 82.2 Å². The highest BCUT2D eigenvalue weighted by atomic mass is 32.1. The van der Waals surface area contributed by atoms with E-state index in [9.17, 15) is 29.1 Å². The van der Waals surface area contributed by atoms with Crippen molar-refractivity contribution in [2.24, 2.45) is 11.5 Å². The van der Waals surface area contributed by atoms with Crippen LogP contribution in [0.25, 0.3) is 10.9 Å². The van der Waals surface area contributed by atoms with Gasteiger partial charge in [0.25, 0.3) is 0 Å². The Kier molecular flexibility index (Phi) is 12.9. The molecule has 4 amide bonds. The Hall–Kier alpha value is -3.62. The second kappa shape index (κ2) is 15.8. The van der Waals surface area contributed by atoms with Crippen LogP contribution in [0, 0.1) is 0 Å². The maximum absolute atomic E-state index is 12.8. The van der Waals surface area contributed by atoms with E-state index < -0.39 is 59.8 Å². The smallest absolute Gasteiger partial charge is 0.326 e. The van der Waals surface area contributed by atoms with Gasteiger partial charge in [-0.2, -0.15) is 12.6 Å². The number of nitrogens with two attached hydrogens (primary N) is 2. The fourth-order valence-corrected chi connectivity index (χ4v) is 4.17. The maximum atomic E-state index is 12.8. The van der Waals surface area contributed by atoms with Crippen molar-refractivity contribution in [1.29, 1.82) is 0 Å². The number of nitrogens with one attached hydrogen (secondary N) is 5. The maximum Gasteiger partial charge on any atom is 0.326 e. The van der Waals surface area contributed by atoms with Crippen molar-refractivity contribution in [2.45, 2.75) is 69.7 Å². The molecule has 1 heterocycles. The van der Waals surface area contributed by atoms with E-state index in [1.54, 1.807) is 6.20 Å². The zero-order valence-corrected chi connectivity index (χ0v) is 23.5. The second-order valence-electron chi connectivity index (χ2n) is 9.56. The molecule has 2 aromatic rings. The number of benzene rings is 1. The lowest BCUT2D eigenvalue weighted by Gasteiger charge is -2.23. The Morgan fingerprint density at radius 2 is 1.50 bits per heavy atom. The molecule has 1 aromatic heterocycles. The fourth-order valence-electron chi connectivity index (χ4n) is 3.91. The number of carbonyl (C=O) groups is 5. The minimum Gasteiger partial charge on any atom is -0.480 e. The van der Waals surface area contributed by atoms with Crippen LogP contribution in [0.1, 0.15) is 38.7 Å². The quantitative estimate of drug-likeness (QED) is 0.0902. The number of para-hydroxylation sites is 1. The molecule has 14 heteroatoms. The highest BCUT2D eigenvalue weighted by Gasteiger charge is 2.29. The van der Waals surface area contributed by atoms with Crippen molar-refractivity contribution in [2.75, 3.05) is 12.3 Å². The standard InChI is InChI=1S/C26H39N7O6S/c1-14(31-24(36)18(28)8-5-6-10-27)22(34)30-15(2)23(35)33-21(13-40)25(37)32-20(26(38)39)11-16-12-29-19-9-4-3-7-17(16)19/h3-4,7,9,12,14-15,18,20-21,29,40H,5-6,8,10-11,13,27-28H2,1-2H3,(H,30,34)(H,31,36)(H,32,37)(H,33,35)(H,38,39)/t14-,15-,18-,20-,21-/m0/s1. The molecule has 0 aliphatic rings. The summed E-state index contributed by atoms with van der Waals surface area (Å²) in [5.74, 6) is -3.91. The molecule has 0 unspecified atom stereocenters. The number of H-pyrrole nitrogens is 1. The second-order valence-corrected chi connectivity index (χ2v) is 9.92. The van der Waals surface area contributed by atoms with E-state index >= 15 is 0 Å². The van der Waals surface area contributed by atoms with Crippen LogP contribution < -0.4 is 32.7 Å². The molecule has 0 saturated heterocycles. The molecule has 0 radical (unpaired) electrons. The van der Waals surface area contributed by atoms with Gasteiger partial charge in [-0.25, -0.2) is 4.79 Å². The summed E-state index contributed by atoms with van der Waals surface area (Å²) in [6.45, 7) is 3.35. The Balaban J connectivity index is 1.91. The molecule has 0 aliphatic heterocycles. The molecule has 40 heavy (non-hydrogen) atoms. The third kappa shape index (κ3) is 9.54. The molecule has 0 spiro atoms. The van der Waals surface area contributed by atoms with Crippen molar-refractivity contribution in [1.82, 2.24) is 26.3 Å². The molecule has 10 N–H and O–H groups in total. The number of aliphatic carboxylic acids is 1. The van der Waals surface area contributed by atoms with Gasteiger partial charge in [0.05, 0.1) is 6.04 Å². The van der Waals surface area contributed by atoms with Gasteiger partial charge in [-0.15, -0.1) is 0 Å². The van der Waals surface area contributed by atoms with Crippen LogP contribution in [0.5, 0.6) is 0 Å². The lowest BCUT2D eigenvalue weighted by Crippen LogP contribution is -2.57. The number of rotatable bonds is 16. The molecule has 1 aromatic carbocycles. The molecule has 13 nitrogen and oxygen atoms in total. The van der Waals surface area contributed by atoms with Crippen LogP contribution in [0.4, 0.5) is 0 Å². The van der Waals surface area contributed by atoms with Gasteiger partial charge >= 0.3 is 5.97 Å². The minimum absolute atomic E-state index is 0.0189. The highest BCUT2D eigenvalue weighted by Crippen LogP contribution is 2.19. The topological polar surface area (TPSA) is 222 Å². The predicted molar refractivity (Wildman–Crippen MR) is 153 cm³/mol. The number of carboxylic acid groups (broad SMARTS) is 1. The number of carboxylic acids is 1. The first-order valence-corrected chi connectivity index (χ1v) is 13.7. The Labute approximate surface area is 238 Å². The van der Waals surface area contributed by atoms with Gasteiger partial charge in [0.15, 0.2) is 0 Å². The van der Waals surface area contributed by atoms with Crippen LogP contribution in [0.3, 0.4) is 0 Å². The summed E-state index contributed by atoms with van der Waals surface area (Å²) >= 11 is 4.12. The molecule has 0 saturated carbocycles. The number of thiol groups is 1. The monoisotopic (exact) mass is 577 g/mol. The molecule has 0 fully saturated rings. The number of hydrogen-bond donors (Lipinski definition) is 9. The van der Waals surface area contributed by atoms with Crippen molar-refractivity contribution in [3.05, 3.63) is 36.0 Å². The van der Waals surface area contributed by atoms with E-state index in [4.69, 9.17) is 11.5 Å². The van der Waals surface area contributed by atoms with E-state index in [-0.39, 0.29) is 12.2 Å². The fraction of sp³-hybridized carbons (Fsp3) is 0.500. The van der Waals surface area contributed by atoms with Crippen LogP contribution in [0.15, 0.2) is 30.5 Å². The summed E-state index contributed by atoms with van der Waals surface area (Å²) in [7, 11) is 0. The summed E-state index contributed by atoms with van der Waals surface area (Å²) < 4.78 is 0. The van der Waals surface area contributed by atoms with Gasteiger partial charge < -0.3 is 42.8 Å². The normalized spacial score (nSPS) is 14.8. The molecular formula is C26H39N7O6S. The van der Waals surface area contributed by atoms with Crippen molar-refractivity contribution in [3.8, 4) is 0 Å². The number of unbranched alkanes of at least 4 members (excludes halogenated alkanes) is 1. The SMILES string of the molecule is C[C@H](NC(=O)[C@H](C)NC(=O)[C@@H](N)CCCCN)C(=O)N[C@@H](CS)C(=O)N[C@@H](Cc1c[nH]c2ccccc12)C(=O)O. The largest absolute Gasteiger partial charge is 0.480 e. The van der Waals surface area contributed by atoms with Gasteiger partial charge in [-0.05, 0) is 44.9 Å². The average Bonchev–Trinajstić information content (AvgIpc) is 3.33. The molecule has 0 bridgehead atoms. The predicted octanol–water partition coefficient (Wildman–Crippen LogP) is -0.840. The summed E-state index contributed by atoms with van der Waals surface area (Å²) in [4.78, 5) is 65.2. The zero-order valence-electron chi connectivity index (χ0n) is 22.6. The van der Waals surface area contributed by atoms with Gasteiger partial charge in [0.1, 0.15) is 24.2 Å². The summed E-state index contributed by atoms with van der Waals surface area (Å²) in [5.41, 5.74) is 12.8. The zero-order chi connectivity index (χ0) is 29.8. The molecule has 2 rings (SSSR count). The first-order chi connectivity index (χ1) is 19.0. The van der Waals surface area contributed by atoms with Gasteiger partial charge in [0, 0.05) is 29.3 Å². The van der Waals surface area contributed by atoms with E-state index in [0.29, 0.717) is 24.9 Å². The number of amides is 4. The van der Waals surface area contributed by atoms with Crippen LogP contribution in [0.2, 0.25) is 0 Å². The summed E-state index contributed by atoms with van der Waals surface area (Å²) in [6, 6.07) is 2.14. The van der Waals surface area contributed by atoms with Crippen LogP contribution >= 0.6 is 12.6 Å². The molecule has 5 atom stereocenters. The third-order valence-electron chi connectivity index (χ3n) is 6.34. The van der Waals surface area contributed by atoms with Gasteiger partial charge in [0.2, 0.25) is 23.6 Å². The number of aromatic nitrogens is 1. The molecule has 220 valence electrons. The summed E-state index contributed by atoms with van der Waals surface area (Å²) in [6.07, 6.45) is 3.54. The van der Waals surface area contributed by atoms with Crippen molar-refractivity contribution in [3.63, 3.8) is 0 Å². The Morgan fingerprint density at radius 3 is 2.12 bits per heavy atom. The Morgan fingerprint density at radius 1 is 0.900 bits per heavy atom. The lowest BCUT2D eigenvalue weighted by atomic mass is 10.0. The lowest BCUT2D eigenvalue weighted by molar-refractivity contribution is -0.142. The van der Waals surface area contributed by atoms with Crippen molar-refractivity contribution < 1.29 is 29.1 Å². The highest BCUT2D eigenvalue weighted by molar-refractivity contribution is 7.80. The first-order valence-electron chi connectivity index (χ1n) is 13.0. The van der Waals surface area contributed by atoms with E-state index in [1.807, 2.05) is 24.3 Å². The summed E-state index contributed by atoms with van der Waals surface area (Å²) in [5, 5.41) is 20.4. The Bertz CT molecular complexity index is 1190. The van der Waals surface area contributed by atoms with Gasteiger partial charge in [-0.3, -0.25) is 19.2 Å². The average molecular weight is 578 g/mol. The molecular weight excluding hydrogens is 538 g/mol. The first kappa shape index (κ1) is 32.6. The third-order valence-corrected chi connectivity index (χ3v) is 6.70. The van der Waals surface area contributed by atoms with Crippen molar-refractivity contribution >= 4 is 53.1 Å².